The van der Waals surface area contributed by atoms with Crippen molar-refractivity contribution in [2.45, 2.75) is 51.2 Å². The molecule has 0 bridgehead atoms. The number of rotatable bonds is 8. The van der Waals surface area contributed by atoms with Crippen LogP contribution in [-0.2, 0) is 22.6 Å². The lowest BCUT2D eigenvalue weighted by atomic mass is 9.90. The number of methoxy groups -OCH3 is 2. The normalized spacial score (nSPS) is 16.7. The Morgan fingerprint density at radius 2 is 2.00 bits per heavy atom. The molecule has 0 amide bonds. The fourth-order valence-electron chi connectivity index (χ4n) is 2.69. The van der Waals surface area contributed by atoms with E-state index in [-0.39, 0.29) is 0 Å². The lowest BCUT2D eigenvalue weighted by Crippen LogP contribution is -2.18. The average molecular weight is 298 g/mol. The Balaban J connectivity index is 1.98. The molecule has 0 aliphatic heterocycles. The van der Waals surface area contributed by atoms with E-state index in [1.165, 1.54) is 42.0 Å². The molecule has 1 fully saturated rings. The molecular formula is C15H26N2O2S. The molecule has 0 atom stereocenters. The summed E-state index contributed by atoms with van der Waals surface area (Å²) < 4.78 is 10.3. The zero-order valence-electron chi connectivity index (χ0n) is 12.6. The topological polar surface area (TPSA) is 43.4 Å². The van der Waals surface area contributed by atoms with Crippen molar-refractivity contribution in [1.82, 2.24) is 10.3 Å². The Hall–Kier alpha value is -0.490. The summed E-state index contributed by atoms with van der Waals surface area (Å²) in [6, 6.07) is 0. The van der Waals surface area contributed by atoms with Gasteiger partial charge in [-0.2, -0.15) is 0 Å². The van der Waals surface area contributed by atoms with Gasteiger partial charge in [-0.05, 0) is 12.8 Å². The van der Waals surface area contributed by atoms with Gasteiger partial charge < -0.3 is 14.8 Å². The molecule has 1 aromatic rings. The largest absolute Gasteiger partial charge is 0.383 e. The summed E-state index contributed by atoms with van der Waals surface area (Å²) in [5.74, 6) is 0.678. The van der Waals surface area contributed by atoms with Crippen molar-refractivity contribution < 1.29 is 9.47 Å². The summed E-state index contributed by atoms with van der Waals surface area (Å²) in [6.07, 6.45) is 6.70. The van der Waals surface area contributed by atoms with Crippen LogP contribution < -0.4 is 5.32 Å². The van der Waals surface area contributed by atoms with E-state index < -0.39 is 0 Å². The number of nitrogens with one attached hydrogen (secondary N) is 1. The van der Waals surface area contributed by atoms with Crippen LogP contribution in [0.4, 0.5) is 0 Å². The van der Waals surface area contributed by atoms with E-state index in [0.717, 1.165) is 25.4 Å². The van der Waals surface area contributed by atoms with Gasteiger partial charge in [0.05, 0.1) is 23.9 Å². The van der Waals surface area contributed by atoms with Gasteiger partial charge in [0.15, 0.2) is 0 Å². The SMILES string of the molecule is COCCNCc1sc(C2CCCCC2)nc1COC. The van der Waals surface area contributed by atoms with Crippen LogP contribution in [0, 0.1) is 0 Å². The number of ether oxygens (including phenoxy) is 2. The monoisotopic (exact) mass is 298 g/mol. The maximum atomic E-state index is 5.29. The van der Waals surface area contributed by atoms with E-state index in [2.05, 4.69) is 5.32 Å². The summed E-state index contributed by atoms with van der Waals surface area (Å²) in [7, 11) is 3.47. The highest BCUT2D eigenvalue weighted by molar-refractivity contribution is 7.11. The van der Waals surface area contributed by atoms with Crippen LogP contribution in [0.15, 0.2) is 0 Å². The molecule has 0 saturated heterocycles. The standard InChI is InChI=1S/C15H26N2O2S/c1-18-9-8-16-10-14-13(11-19-2)17-15(20-14)12-6-4-3-5-7-12/h12,16H,3-11H2,1-2H3. The van der Waals surface area contributed by atoms with Gasteiger partial charge >= 0.3 is 0 Å². The Labute approximate surface area is 125 Å². The molecule has 20 heavy (non-hydrogen) atoms. The lowest BCUT2D eigenvalue weighted by Gasteiger charge is -2.18. The highest BCUT2D eigenvalue weighted by atomic mass is 32.1. The van der Waals surface area contributed by atoms with Crippen LogP contribution in [0.1, 0.15) is 53.6 Å². The molecule has 0 unspecified atom stereocenters. The van der Waals surface area contributed by atoms with Crippen molar-refractivity contribution >= 4 is 11.3 Å². The Morgan fingerprint density at radius 1 is 1.20 bits per heavy atom. The molecule has 1 aliphatic carbocycles. The molecule has 1 aromatic heterocycles. The third-order valence-electron chi connectivity index (χ3n) is 3.80. The molecule has 4 nitrogen and oxygen atoms in total. The predicted molar refractivity (Wildman–Crippen MR) is 82.2 cm³/mol. The molecule has 0 aromatic carbocycles. The first-order valence-electron chi connectivity index (χ1n) is 7.52. The average Bonchev–Trinajstić information content (AvgIpc) is 2.88. The van der Waals surface area contributed by atoms with Gasteiger partial charge in [0.1, 0.15) is 0 Å². The second kappa shape index (κ2) is 8.72. The minimum atomic E-state index is 0.616. The third kappa shape index (κ3) is 4.52. The smallest absolute Gasteiger partial charge is 0.0963 e. The summed E-state index contributed by atoms with van der Waals surface area (Å²) in [5.41, 5.74) is 1.11. The van der Waals surface area contributed by atoms with Gasteiger partial charge in [-0.3, -0.25) is 0 Å². The number of hydrogen-bond acceptors (Lipinski definition) is 5. The first-order chi connectivity index (χ1) is 9.85. The second-order valence-electron chi connectivity index (χ2n) is 5.36. The van der Waals surface area contributed by atoms with Crippen molar-refractivity contribution in [2.75, 3.05) is 27.4 Å². The van der Waals surface area contributed by atoms with Gasteiger partial charge in [0.25, 0.3) is 0 Å². The Morgan fingerprint density at radius 3 is 2.70 bits per heavy atom. The van der Waals surface area contributed by atoms with E-state index in [4.69, 9.17) is 14.5 Å². The van der Waals surface area contributed by atoms with Gasteiger partial charge in [-0.25, -0.2) is 4.98 Å². The number of aromatic nitrogens is 1. The quantitative estimate of drug-likeness (QED) is 0.749. The first kappa shape index (κ1) is 15.9. The fourth-order valence-corrected chi connectivity index (χ4v) is 3.90. The molecule has 1 aliphatic rings. The third-order valence-corrected chi connectivity index (χ3v) is 5.06. The summed E-state index contributed by atoms with van der Waals surface area (Å²) >= 11 is 1.87. The molecule has 0 spiro atoms. The number of thiazole rings is 1. The zero-order valence-corrected chi connectivity index (χ0v) is 13.4. The molecule has 1 N–H and O–H groups in total. The molecule has 114 valence electrons. The van der Waals surface area contributed by atoms with Crippen LogP contribution in [-0.4, -0.2) is 32.4 Å². The van der Waals surface area contributed by atoms with E-state index in [1.807, 2.05) is 11.3 Å². The van der Waals surface area contributed by atoms with E-state index in [9.17, 15) is 0 Å². The van der Waals surface area contributed by atoms with Gasteiger partial charge in [-0.15, -0.1) is 11.3 Å². The maximum Gasteiger partial charge on any atom is 0.0963 e. The minimum absolute atomic E-state index is 0.616. The summed E-state index contributed by atoms with van der Waals surface area (Å²) in [6.45, 7) is 3.10. The lowest BCUT2D eigenvalue weighted by molar-refractivity contribution is 0.180. The van der Waals surface area contributed by atoms with Gasteiger partial charge in [0, 0.05) is 38.1 Å². The van der Waals surface area contributed by atoms with Crippen LogP contribution in [0.5, 0.6) is 0 Å². The molecule has 1 heterocycles. The predicted octanol–water partition coefficient (Wildman–Crippen LogP) is 3.07. The fraction of sp³-hybridized carbons (Fsp3) is 0.800. The van der Waals surface area contributed by atoms with Crippen LogP contribution >= 0.6 is 11.3 Å². The zero-order chi connectivity index (χ0) is 14.2. The Kier molecular flexibility index (Phi) is 6.93. The highest BCUT2D eigenvalue weighted by Crippen LogP contribution is 2.36. The Bertz CT molecular complexity index is 389. The van der Waals surface area contributed by atoms with Crippen LogP contribution in [0.25, 0.3) is 0 Å². The van der Waals surface area contributed by atoms with E-state index in [0.29, 0.717) is 12.5 Å². The van der Waals surface area contributed by atoms with E-state index in [1.54, 1.807) is 14.2 Å². The van der Waals surface area contributed by atoms with Crippen LogP contribution in [0.2, 0.25) is 0 Å². The van der Waals surface area contributed by atoms with Crippen molar-refractivity contribution in [3.8, 4) is 0 Å². The summed E-state index contributed by atoms with van der Waals surface area (Å²) in [4.78, 5) is 6.17. The van der Waals surface area contributed by atoms with Crippen molar-refractivity contribution in [3.05, 3.63) is 15.6 Å². The van der Waals surface area contributed by atoms with Crippen LogP contribution in [0.3, 0.4) is 0 Å². The second-order valence-corrected chi connectivity index (χ2v) is 6.47. The first-order valence-corrected chi connectivity index (χ1v) is 8.34. The summed E-state index contributed by atoms with van der Waals surface area (Å²) in [5, 5.41) is 4.73. The number of hydrogen-bond donors (Lipinski definition) is 1. The minimum Gasteiger partial charge on any atom is -0.383 e. The van der Waals surface area contributed by atoms with Crippen molar-refractivity contribution in [1.29, 1.82) is 0 Å². The maximum absolute atomic E-state index is 5.29. The molecule has 0 radical (unpaired) electrons. The van der Waals surface area contributed by atoms with Gasteiger partial charge in [-0.1, -0.05) is 19.3 Å². The molecule has 2 rings (SSSR count). The molecule has 1 saturated carbocycles. The highest BCUT2D eigenvalue weighted by Gasteiger charge is 2.21. The van der Waals surface area contributed by atoms with Crippen molar-refractivity contribution in [3.63, 3.8) is 0 Å². The van der Waals surface area contributed by atoms with Crippen molar-refractivity contribution in [2.24, 2.45) is 0 Å². The number of nitrogens with zero attached hydrogens (tertiary/aromatic N) is 1. The molecular weight excluding hydrogens is 272 g/mol. The van der Waals surface area contributed by atoms with E-state index >= 15 is 0 Å². The van der Waals surface area contributed by atoms with Gasteiger partial charge in [0.2, 0.25) is 0 Å². The molecule has 5 heteroatoms.